The van der Waals surface area contributed by atoms with E-state index in [1.807, 2.05) is 12.1 Å². The van der Waals surface area contributed by atoms with E-state index in [0.717, 1.165) is 41.2 Å². The Morgan fingerprint density at radius 1 is 1.15 bits per heavy atom. The zero-order chi connectivity index (χ0) is 24.5. The van der Waals surface area contributed by atoms with Gasteiger partial charge in [-0.15, -0.1) is 11.8 Å². The Hall–Kier alpha value is -2.06. The second kappa shape index (κ2) is 10.3. The average molecular weight is 489 g/mol. The molecule has 0 radical (unpaired) electrons. The van der Waals surface area contributed by atoms with E-state index in [1.54, 1.807) is 18.9 Å². The highest BCUT2D eigenvalue weighted by Crippen LogP contribution is 2.58. The van der Waals surface area contributed by atoms with E-state index >= 15 is 0 Å². The predicted molar refractivity (Wildman–Crippen MR) is 131 cm³/mol. The smallest absolute Gasteiger partial charge is 0.327 e. The molecule has 3 aliphatic heterocycles. The van der Waals surface area contributed by atoms with Crippen LogP contribution in [0.2, 0.25) is 0 Å². The van der Waals surface area contributed by atoms with Crippen LogP contribution in [-0.4, -0.2) is 66.7 Å². The molecule has 0 unspecified atom stereocenters. The first-order valence-electron chi connectivity index (χ1n) is 12.4. The molecule has 7 nitrogen and oxygen atoms in total. The minimum absolute atomic E-state index is 0.217. The van der Waals surface area contributed by atoms with Crippen LogP contribution in [0.25, 0.3) is 0 Å². The lowest BCUT2D eigenvalue weighted by molar-refractivity contribution is -0.163. The summed E-state index contributed by atoms with van der Waals surface area (Å²) in [7, 11) is 4.55. The molecular weight excluding hydrogens is 452 g/mol. The van der Waals surface area contributed by atoms with E-state index in [-0.39, 0.29) is 17.9 Å². The number of nitrogens with zero attached hydrogens (tertiary/aromatic N) is 2. The molecule has 4 rings (SSSR count). The SMILES string of the molecule is CCCCCCSc1ccc([C@@H]2[C@@H]3C(=O)N(C)C(=O)[C@@H]3[C@]3(C(=O)OC)CCCCN23)cc1OC. The van der Waals surface area contributed by atoms with Gasteiger partial charge in [-0.2, -0.15) is 0 Å². The fourth-order valence-corrected chi connectivity index (χ4v) is 7.22. The molecular formula is C26H36N2O5S. The highest BCUT2D eigenvalue weighted by molar-refractivity contribution is 7.99. The van der Waals surface area contributed by atoms with Crippen LogP contribution in [0.1, 0.15) is 63.5 Å². The summed E-state index contributed by atoms with van der Waals surface area (Å²) < 4.78 is 11.0. The number of likely N-dealkylation sites (tertiary alicyclic amines) is 1. The van der Waals surface area contributed by atoms with Gasteiger partial charge in [-0.25, -0.2) is 0 Å². The third kappa shape index (κ3) is 3.92. The monoisotopic (exact) mass is 488 g/mol. The van der Waals surface area contributed by atoms with Crippen LogP contribution in [0.3, 0.4) is 0 Å². The third-order valence-electron chi connectivity index (χ3n) is 7.80. The Kier molecular flexibility index (Phi) is 7.57. The first-order valence-corrected chi connectivity index (χ1v) is 13.4. The van der Waals surface area contributed by atoms with Crippen molar-refractivity contribution < 1.29 is 23.9 Å². The number of imide groups is 1. The van der Waals surface area contributed by atoms with Crippen molar-refractivity contribution in [3.05, 3.63) is 23.8 Å². The molecule has 4 atom stereocenters. The molecule has 2 amide bonds. The van der Waals surface area contributed by atoms with Crippen molar-refractivity contribution in [1.29, 1.82) is 0 Å². The van der Waals surface area contributed by atoms with E-state index in [9.17, 15) is 14.4 Å². The number of carbonyl (C=O) groups excluding carboxylic acids is 3. The minimum Gasteiger partial charge on any atom is -0.496 e. The highest BCUT2D eigenvalue weighted by atomic mass is 32.2. The van der Waals surface area contributed by atoms with Gasteiger partial charge in [-0.05, 0) is 55.7 Å². The van der Waals surface area contributed by atoms with Gasteiger partial charge < -0.3 is 9.47 Å². The van der Waals surface area contributed by atoms with Crippen molar-refractivity contribution in [2.75, 3.05) is 33.6 Å². The molecule has 186 valence electrons. The summed E-state index contributed by atoms with van der Waals surface area (Å²) in [6, 6.07) is 5.72. The van der Waals surface area contributed by atoms with Gasteiger partial charge in [0, 0.05) is 18.0 Å². The Balaban J connectivity index is 1.71. The van der Waals surface area contributed by atoms with E-state index in [1.165, 1.54) is 38.3 Å². The summed E-state index contributed by atoms with van der Waals surface area (Å²) in [6.07, 6.45) is 7.11. The average Bonchev–Trinajstić information content (AvgIpc) is 3.29. The van der Waals surface area contributed by atoms with Crippen LogP contribution >= 0.6 is 11.8 Å². The molecule has 0 aliphatic carbocycles. The van der Waals surface area contributed by atoms with Crippen molar-refractivity contribution in [1.82, 2.24) is 9.80 Å². The molecule has 1 aromatic carbocycles. The molecule has 0 bridgehead atoms. The van der Waals surface area contributed by atoms with Crippen molar-refractivity contribution in [3.63, 3.8) is 0 Å². The second-order valence-electron chi connectivity index (χ2n) is 9.57. The predicted octanol–water partition coefficient (Wildman–Crippen LogP) is 4.05. The normalized spacial score (nSPS) is 28.7. The number of hydrogen-bond donors (Lipinski definition) is 0. The van der Waals surface area contributed by atoms with Crippen LogP contribution in [0.15, 0.2) is 23.1 Å². The highest BCUT2D eigenvalue weighted by Gasteiger charge is 2.72. The number of methoxy groups -OCH3 is 2. The zero-order valence-corrected chi connectivity index (χ0v) is 21.5. The first kappa shape index (κ1) is 25.0. The molecule has 0 aromatic heterocycles. The molecule has 1 aromatic rings. The van der Waals surface area contributed by atoms with Gasteiger partial charge in [0.2, 0.25) is 11.8 Å². The van der Waals surface area contributed by atoms with E-state index < -0.39 is 23.3 Å². The molecule has 8 heteroatoms. The number of thioether (sulfide) groups is 1. The number of fused-ring (bicyclic) bond motifs is 3. The van der Waals surface area contributed by atoms with Crippen molar-refractivity contribution >= 4 is 29.5 Å². The first-order chi connectivity index (χ1) is 16.4. The number of rotatable bonds is 9. The maximum atomic E-state index is 13.3. The number of benzene rings is 1. The molecule has 3 saturated heterocycles. The quantitative estimate of drug-likeness (QED) is 0.225. The molecule has 0 spiro atoms. The standard InChI is InChI=1S/C26H36N2O5S/c1-5-6-7-10-15-34-19-12-11-17(16-18(19)32-3)22-20-21(24(30)27(2)23(20)29)26(25(31)33-4)13-8-9-14-28(22)26/h11-12,16,20-22H,5-10,13-15H2,1-4H3/t20-,21-,22-,26+/m1/s1. The van der Waals surface area contributed by atoms with E-state index in [0.29, 0.717) is 13.0 Å². The second-order valence-corrected chi connectivity index (χ2v) is 10.7. The fourth-order valence-electron chi connectivity index (χ4n) is 6.20. The zero-order valence-electron chi connectivity index (χ0n) is 20.7. The molecule has 0 saturated carbocycles. The molecule has 0 N–H and O–H groups in total. The van der Waals surface area contributed by atoms with Gasteiger partial charge in [-0.3, -0.25) is 24.2 Å². The molecule has 34 heavy (non-hydrogen) atoms. The van der Waals surface area contributed by atoms with Crippen LogP contribution in [0, 0.1) is 11.8 Å². The van der Waals surface area contributed by atoms with Gasteiger partial charge >= 0.3 is 5.97 Å². The van der Waals surface area contributed by atoms with Gasteiger partial charge in [0.05, 0.1) is 26.1 Å². The van der Waals surface area contributed by atoms with Gasteiger partial charge in [-0.1, -0.05) is 32.3 Å². The van der Waals surface area contributed by atoms with Crippen LogP contribution in [0.4, 0.5) is 0 Å². The number of amides is 2. The summed E-state index contributed by atoms with van der Waals surface area (Å²) in [5.74, 6) is -0.431. The Morgan fingerprint density at radius 3 is 2.65 bits per heavy atom. The van der Waals surface area contributed by atoms with Gasteiger partial charge in [0.1, 0.15) is 11.3 Å². The lowest BCUT2D eigenvalue weighted by atomic mass is 9.75. The molecule has 3 fully saturated rings. The van der Waals surface area contributed by atoms with Crippen molar-refractivity contribution in [3.8, 4) is 5.75 Å². The fraction of sp³-hybridized carbons (Fsp3) is 0.654. The molecule has 3 aliphatic rings. The van der Waals surface area contributed by atoms with E-state index in [2.05, 4.69) is 17.9 Å². The maximum absolute atomic E-state index is 13.3. The summed E-state index contributed by atoms with van der Waals surface area (Å²) in [5.41, 5.74) is -0.189. The van der Waals surface area contributed by atoms with Crippen molar-refractivity contribution in [2.45, 2.75) is 68.3 Å². The maximum Gasteiger partial charge on any atom is 0.327 e. The van der Waals surface area contributed by atoms with Crippen LogP contribution in [-0.2, 0) is 19.1 Å². The van der Waals surface area contributed by atoms with Gasteiger partial charge in [0.25, 0.3) is 0 Å². The lowest BCUT2D eigenvalue weighted by Crippen LogP contribution is -2.59. The summed E-state index contributed by atoms with van der Waals surface area (Å²) >= 11 is 1.78. The topological polar surface area (TPSA) is 76.2 Å². The number of unbranched alkanes of at least 4 members (excludes halogenated alkanes) is 3. The summed E-state index contributed by atoms with van der Waals surface area (Å²) in [6.45, 7) is 2.85. The molecule has 3 heterocycles. The minimum atomic E-state index is -1.10. The third-order valence-corrected chi connectivity index (χ3v) is 8.95. The number of ether oxygens (including phenoxy) is 2. The number of piperidine rings is 1. The Morgan fingerprint density at radius 2 is 1.94 bits per heavy atom. The summed E-state index contributed by atoms with van der Waals surface area (Å²) in [5, 5.41) is 0. The van der Waals surface area contributed by atoms with Crippen LogP contribution in [0.5, 0.6) is 5.75 Å². The number of hydrogen-bond acceptors (Lipinski definition) is 7. The van der Waals surface area contributed by atoms with Gasteiger partial charge in [0.15, 0.2) is 0 Å². The van der Waals surface area contributed by atoms with E-state index in [4.69, 9.17) is 9.47 Å². The largest absolute Gasteiger partial charge is 0.496 e. The Bertz CT molecular complexity index is 953. The Labute approximate surface area is 206 Å². The lowest BCUT2D eigenvalue weighted by Gasteiger charge is -2.44. The number of carbonyl (C=O) groups is 3. The van der Waals surface area contributed by atoms with Crippen LogP contribution < -0.4 is 4.74 Å². The summed E-state index contributed by atoms with van der Waals surface area (Å²) in [4.78, 5) is 44.2. The van der Waals surface area contributed by atoms with Crippen molar-refractivity contribution in [2.24, 2.45) is 11.8 Å². The number of esters is 1.